The second kappa shape index (κ2) is 37.8. The first-order valence-electron chi connectivity index (χ1n) is 25.0. The number of esters is 2. The Balaban J connectivity index is 1.84. The van der Waals surface area contributed by atoms with Crippen molar-refractivity contribution >= 4 is 33.4 Å². The lowest BCUT2D eigenvalue weighted by Crippen LogP contribution is -2.36. The van der Waals surface area contributed by atoms with E-state index in [9.17, 15) is 48.6 Å². The Labute approximate surface area is 419 Å². The molecule has 402 valence electrons. The SMILES string of the molecule is CCCCC/C=C\C/C=C\CCCCCCCC(=O)O[C@H](COC(=O)CCC/C=C\C/C=C\C/C=C\C/C=C\CCC[C@@H](C)O)COP(=O)(O)OP(=O)(O)OC[C@H]1O[C@@H](n2ccc(N)nc2=O)[C@H](O)[C@@H]1O. The molecule has 1 aromatic heterocycles. The Hall–Kier alpha value is -3.84. The molecule has 1 aliphatic rings. The predicted octanol–water partition coefficient (Wildman–Crippen LogP) is 9.08. The van der Waals surface area contributed by atoms with Gasteiger partial charge in [0.05, 0.1) is 19.3 Å². The number of anilines is 1. The van der Waals surface area contributed by atoms with Crippen molar-refractivity contribution in [3.8, 4) is 0 Å². The quantitative estimate of drug-likeness (QED) is 0.0155. The maximum atomic E-state index is 12.8. The van der Waals surface area contributed by atoms with Crippen LogP contribution in [0.15, 0.2) is 90.0 Å². The number of carbonyl (C=O) groups is 2. The standard InChI is InChI=1S/C50H81N3O16P2/c1-3-4-5-6-7-8-9-10-12-17-20-23-26-29-32-35-46(56)67-42(38-64-45(55)34-31-28-25-22-19-16-14-11-13-15-18-21-24-27-30-33-41(2)54)39-65-70(60,61)69-71(62,63)66-40-43-47(57)48(58)49(68-43)53-37-36-44(51)52-50(53)59/h7-8,10,12-16,21-22,24-25,36-37,41-43,47-49,54,57-58H,3-6,9,11,17-20,23,26-35,38-40H2,1-2H3,(H,60,61)(H,62,63)(H2,51,52,59)/b8-7-,12-10-,15-13-,16-14-,24-21-,25-22-/t41-,42-,43-,47-,48-,49-/m1/s1. The average molecular weight is 1040 g/mol. The van der Waals surface area contributed by atoms with E-state index in [4.69, 9.17) is 29.0 Å². The van der Waals surface area contributed by atoms with Crippen LogP contribution in [0.25, 0.3) is 0 Å². The first-order chi connectivity index (χ1) is 34.0. The molecule has 71 heavy (non-hydrogen) atoms. The topological polar surface area (TPSA) is 286 Å². The average Bonchev–Trinajstić information content (AvgIpc) is 3.59. The van der Waals surface area contributed by atoms with Gasteiger partial charge in [-0.25, -0.2) is 13.9 Å². The lowest BCUT2D eigenvalue weighted by atomic mass is 10.1. The second-order valence-corrected chi connectivity index (χ2v) is 20.3. The molecule has 1 aromatic rings. The normalized spacial score (nSPS) is 20.2. The van der Waals surface area contributed by atoms with Crippen LogP contribution >= 0.6 is 15.6 Å². The van der Waals surface area contributed by atoms with Crippen LogP contribution in [0.3, 0.4) is 0 Å². The third-order valence-electron chi connectivity index (χ3n) is 10.8. The van der Waals surface area contributed by atoms with Gasteiger partial charge in [-0.05, 0) is 103 Å². The van der Waals surface area contributed by atoms with Crippen molar-refractivity contribution in [3.63, 3.8) is 0 Å². The van der Waals surface area contributed by atoms with E-state index in [1.54, 1.807) is 6.92 Å². The minimum absolute atomic E-state index is 0.0126. The van der Waals surface area contributed by atoms with Crippen molar-refractivity contribution in [2.75, 3.05) is 25.6 Å². The highest BCUT2D eigenvalue weighted by Gasteiger charge is 2.46. The van der Waals surface area contributed by atoms with Crippen molar-refractivity contribution in [2.24, 2.45) is 0 Å². The molecule has 0 spiro atoms. The molecule has 0 radical (unpaired) electrons. The minimum atomic E-state index is -5.44. The summed E-state index contributed by atoms with van der Waals surface area (Å²) in [7, 11) is -10.9. The highest BCUT2D eigenvalue weighted by Crippen LogP contribution is 2.60. The van der Waals surface area contributed by atoms with Crippen molar-refractivity contribution in [3.05, 3.63) is 95.7 Å². The predicted molar refractivity (Wildman–Crippen MR) is 271 cm³/mol. The number of hydrogen-bond acceptors (Lipinski definition) is 16. The fraction of sp³-hybridized carbons (Fsp3) is 0.640. The Morgan fingerprint density at radius 1 is 0.732 bits per heavy atom. The van der Waals surface area contributed by atoms with Crippen LogP contribution in [0.1, 0.15) is 155 Å². The minimum Gasteiger partial charge on any atom is -0.462 e. The second-order valence-electron chi connectivity index (χ2n) is 17.2. The van der Waals surface area contributed by atoms with Crippen molar-refractivity contribution in [1.82, 2.24) is 9.55 Å². The number of phosphoric acid groups is 2. The number of rotatable bonds is 40. The summed E-state index contributed by atoms with van der Waals surface area (Å²) in [6.07, 6.45) is 35.5. The maximum Gasteiger partial charge on any atom is 0.481 e. The molecule has 1 fully saturated rings. The van der Waals surface area contributed by atoms with E-state index >= 15 is 0 Å². The van der Waals surface area contributed by atoms with E-state index in [0.717, 1.165) is 94.2 Å². The highest BCUT2D eigenvalue weighted by atomic mass is 31.3. The molecule has 1 aliphatic heterocycles. The lowest BCUT2D eigenvalue weighted by Gasteiger charge is -2.21. The molecule has 1 saturated heterocycles. The zero-order valence-electron chi connectivity index (χ0n) is 41.6. The van der Waals surface area contributed by atoms with E-state index in [0.29, 0.717) is 19.3 Å². The fourth-order valence-electron chi connectivity index (χ4n) is 6.88. The van der Waals surface area contributed by atoms with Crippen LogP contribution < -0.4 is 11.4 Å². The van der Waals surface area contributed by atoms with Gasteiger partial charge in [-0.1, -0.05) is 112 Å². The van der Waals surface area contributed by atoms with Gasteiger partial charge in [0.2, 0.25) is 0 Å². The molecule has 2 heterocycles. The van der Waals surface area contributed by atoms with E-state index in [1.807, 2.05) is 18.2 Å². The summed E-state index contributed by atoms with van der Waals surface area (Å²) < 4.78 is 56.6. The van der Waals surface area contributed by atoms with Crippen LogP contribution in [-0.4, -0.2) is 96.9 Å². The molecule has 0 amide bonds. The number of ether oxygens (including phenoxy) is 3. The summed E-state index contributed by atoms with van der Waals surface area (Å²) in [4.78, 5) is 61.8. The van der Waals surface area contributed by atoms with E-state index in [1.165, 1.54) is 25.3 Å². The highest BCUT2D eigenvalue weighted by molar-refractivity contribution is 7.61. The molecule has 2 rings (SSSR count). The number of carbonyl (C=O) groups excluding carboxylic acids is 2. The van der Waals surface area contributed by atoms with Gasteiger partial charge >= 0.3 is 33.3 Å². The van der Waals surface area contributed by atoms with Gasteiger partial charge in [-0.3, -0.25) is 23.2 Å². The Morgan fingerprint density at radius 2 is 1.25 bits per heavy atom. The molecule has 2 unspecified atom stereocenters. The van der Waals surface area contributed by atoms with Crippen LogP contribution in [-0.2, 0) is 46.3 Å². The summed E-state index contributed by atoms with van der Waals surface area (Å²) in [6.45, 7) is 1.60. The largest absolute Gasteiger partial charge is 0.481 e. The Morgan fingerprint density at radius 3 is 1.85 bits per heavy atom. The van der Waals surface area contributed by atoms with Crippen molar-refractivity contribution < 1.29 is 71.4 Å². The summed E-state index contributed by atoms with van der Waals surface area (Å²) in [5.74, 6) is -1.41. The summed E-state index contributed by atoms with van der Waals surface area (Å²) >= 11 is 0. The summed E-state index contributed by atoms with van der Waals surface area (Å²) in [5.41, 5.74) is 4.58. The van der Waals surface area contributed by atoms with Gasteiger partial charge in [-0.15, -0.1) is 0 Å². The first kappa shape index (κ1) is 63.3. The fourth-order valence-corrected chi connectivity index (χ4v) is 8.99. The van der Waals surface area contributed by atoms with Gasteiger partial charge in [0, 0.05) is 19.0 Å². The monoisotopic (exact) mass is 1040 g/mol. The zero-order valence-corrected chi connectivity index (χ0v) is 43.4. The Kier molecular flexibility index (Phi) is 33.7. The van der Waals surface area contributed by atoms with Crippen LogP contribution in [0, 0.1) is 0 Å². The summed E-state index contributed by atoms with van der Waals surface area (Å²) in [6, 6.07) is 1.24. The lowest BCUT2D eigenvalue weighted by molar-refractivity contribution is -0.161. The summed E-state index contributed by atoms with van der Waals surface area (Å²) in [5, 5.41) is 30.2. The van der Waals surface area contributed by atoms with Gasteiger partial charge in [0.1, 0.15) is 30.7 Å². The van der Waals surface area contributed by atoms with E-state index < -0.39 is 83.7 Å². The van der Waals surface area contributed by atoms with Crippen LogP contribution in [0.2, 0.25) is 0 Å². The smallest absolute Gasteiger partial charge is 0.462 e. The molecule has 19 nitrogen and oxygen atoms in total. The molecule has 21 heteroatoms. The van der Waals surface area contributed by atoms with Crippen LogP contribution in [0.4, 0.5) is 5.82 Å². The van der Waals surface area contributed by atoms with Crippen molar-refractivity contribution in [1.29, 1.82) is 0 Å². The van der Waals surface area contributed by atoms with E-state index in [2.05, 4.69) is 70.9 Å². The third-order valence-corrected chi connectivity index (χ3v) is 13.4. The molecular weight excluding hydrogens is 961 g/mol. The number of unbranched alkanes of at least 4 members (excludes halogenated alkanes) is 10. The van der Waals surface area contributed by atoms with E-state index in [-0.39, 0.29) is 24.8 Å². The molecule has 0 bridgehead atoms. The third kappa shape index (κ3) is 31.4. The zero-order chi connectivity index (χ0) is 52.2. The van der Waals surface area contributed by atoms with Crippen molar-refractivity contribution in [2.45, 2.75) is 185 Å². The number of nitrogen functional groups attached to an aromatic ring is 1. The number of aromatic nitrogens is 2. The van der Waals surface area contributed by atoms with Gasteiger partial charge in [0.15, 0.2) is 12.3 Å². The molecule has 7 N–H and O–H groups in total. The number of phosphoric ester groups is 2. The number of aliphatic hydroxyl groups is 3. The van der Waals surface area contributed by atoms with Crippen LogP contribution in [0.5, 0.6) is 0 Å². The number of hydrogen-bond donors (Lipinski definition) is 6. The first-order valence-corrected chi connectivity index (χ1v) is 28.0. The molecule has 0 aliphatic carbocycles. The van der Waals surface area contributed by atoms with Gasteiger partial charge in [0.25, 0.3) is 0 Å². The number of aliphatic hydroxyl groups excluding tert-OH is 3. The molecule has 8 atom stereocenters. The molecule has 0 saturated carbocycles. The number of allylic oxidation sites excluding steroid dienone is 12. The maximum absolute atomic E-state index is 12.8. The number of nitrogens with zero attached hydrogens (tertiary/aromatic N) is 2. The molecular formula is C50H81N3O16P2. The van der Waals surface area contributed by atoms with Gasteiger partial charge < -0.3 is 45.1 Å². The Bertz CT molecular complexity index is 1990. The molecule has 0 aromatic carbocycles. The van der Waals surface area contributed by atoms with Gasteiger partial charge in [-0.2, -0.15) is 9.29 Å². The number of nitrogens with two attached hydrogens (primary N) is 1.